The van der Waals surface area contributed by atoms with E-state index in [1.165, 1.54) is 31.4 Å². The van der Waals surface area contributed by atoms with Gasteiger partial charge in [-0.15, -0.1) is 0 Å². The van der Waals surface area contributed by atoms with Gasteiger partial charge in [-0.05, 0) is 42.8 Å². The fourth-order valence-corrected chi connectivity index (χ4v) is 5.78. The summed E-state index contributed by atoms with van der Waals surface area (Å²) < 4.78 is 58.4. The van der Waals surface area contributed by atoms with Crippen molar-refractivity contribution >= 4 is 48.9 Å². The van der Waals surface area contributed by atoms with Gasteiger partial charge >= 0.3 is 0 Å². The van der Waals surface area contributed by atoms with Crippen molar-refractivity contribution in [3.63, 3.8) is 0 Å². The SMILES string of the molecule is COc1ccc(Cl)cc1NS(=O)(=O)c1cc(N2C(=O)CCS2(=O)=O)ccc1C. The highest BCUT2D eigenvalue weighted by Crippen LogP contribution is 2.33. The summed E-state index contributed by atoms with van der Waals surface area (Å²) in [5.41, 5.74) is 0.484. The topological polar surface area (TPSA) is 110 Å². The van der Waals surface area contributed by atoms with Gasteiger partial charge < -0.3 is 4.74 Å². The first-order valence-corrected chi connectivity index (χ1v) is 11.5. The summed E-state index contributed by atoms with van der Waals surface area (Å²) >= 11 is 5.94. The van der Waals surface area contributed by atoms with E-state index in [0.717, 1.165) is 6.07 Å². The lowest BCUT2D eigenvalue weighted by Gasteiger charge is -2.18. The molecule has 150 valence electrons. The van der Waals surface area contributed by atoms with E-state index in [-0.39, 0.29) is 34.2 Å². The highest BCUT2D eigenvalue weighted by Gasteiger charge is 2.37. The molecule has 1 aliphatic rings. The number of halogens is 1. The summed E-state index contributed by atoms with van der Waals surface area (Å²) in [5.74, 6) is -0.643. The van der Waals surface area contributed by atoms with Crippen molar-refractivity contribution in [2.75, 3.05) is 21.9 Å². The van der Waals surface area contributed by atoms with Crippen molar-refractivity contribution in [1.29, 1.82) is 0 Å². The minimum atomic E-state index is -4.12. The highest BCUT2D eigenvalue weighted by atomic mass is 35.5. The molecule has 0 bridgehead atoms. The third kappa shape index (κ3) is 3.80. The Morgan fingerprint density at radius 3 is 2.50 bits per heavy atom. The lowest BCUT2D eigenvalue weighted by Crippen LogP contribution is -2.29. The van der Waals surface area contributed by atoms with Gasteiger partial charge in [-0.3, -0.25) is 9.52 Å². The molecule has 1 amide bonds. The number of nitrogens with one attached hydrogen (secondary N) is 1. The molecule has 28 heavy (non-hydrogen) atoms. The molecule has 0 saturated carbocycles. The van der Waals surface area contributed by atoms with Crippen LogP contribution in [0, 0.1) is 6.92 Å². The van der Waals surface area contributed by atoms with Gasteiger partial charge in [-0.25, -0.2) is 21.1 Å². The van der Waals surface area contributed by atoms with Gasteiger partial charge in [-0.2, -0.15) is 0 Å². The zero-order chi connectivity index (χ0) is 20.7. The highest BCUT2D eigenvalue weighted by molar-refractivity contribution is 7.94. The third-order valence-electron chi connectivity index (χ3n) is 4.18. The van der Waals surface area contributed by atoms with E-state index < -0.39 is 26.0 Å². The van der Waals surface area contributed by atoms with Crippen molar-refractivity contribution in [3.05, 3.63) is 47.0 Å². The number of rotatable bonds is 5. The second kappa shape index (κ2) is 7.26. The number of sulfonamides is 2. The first-order chi connectivity index (χ1) is 13.0. The zero-order valence-corrected chi connectivity index (χ0v) is 17.4. The minimum Gasteiger partial charge on any atom is -0.495 e. The van der Waals surface area contributed by atoms with E-state index in [4.69, 9.17) is 16.3 Å². The maximum Gasteiger partial charge on any atom is 0.262 e. The van der Waals surface area contributed by atoms with Gasteiger partial charge in [0.1, 0.15) is 5.75 Å². The zero-order valence-electron chi connectivity index (χ0n) is 15.0. The van der Waals surface area contributed by atoms with E-state index in [0.29, 0.717) is 14.9 Å². The predicted molar refractivity (Wildman–Crippen MR) is 106 cm³/mol. The van der Waals surface area contributed by atoms with Crippen molar-refractivity contribution < 1.29 is 26.4 Å². The largest absolute Gasteiger partial charge is 0.495 e. The molecule has 11 heteroatoms. The van der Waals surface area contributed by atoms with Gasteiger partial charge in [0.05, 0.1) is 29.1 Å². The molecule has 0 atom stereocenters. The molecule has 0 spiro atoms. The van der Waals surface area contributed by atoms with E-state index in [2.05, 4.69) is 4.72 Å². The van der Waals surface area contributed by atoms with Crippen LogP contribution in [-0.2, 0) is 24.8 Å². The molecular formula is C17H17ClN2O6S2. The molecule has 2 aromatic rings. The summed E-state index contributed by atoms with van der Waals surface area (Å²) in [5, 5.41) is 0.303. The molecular weight excluding hydrogens is 428 g/mol. The van der Waals surface area contributed by atoms with E-state index in [1.54, 1.807) is 13.0 Å². The molecule has 2 aromatic carbocycles. The molecule has 1 aliphatic heterocycles. The van der Waals surface area contributed by atoms with E-state index in [9.17, 15) is 21.6 Å². The van der Waals surface area contributed by atoms with E-state index in [1.807, 2.05) is 0 Å². The van der Waals surface area contributed by atoms with Gasteiger partial charge in [0.25, 0.3) is 10.0 Å². The Kier molecular flexibility index (Phi) is 5.30. The van der Waals surface area contributed by atoms with Crippen molar-refractivity contribution in [2.45, 2.75) is 18.2 Å². The number of amides is 1. The van der Waals surface area contributed by atoms with Crippen LogP contribution in [0.15, 0.2) is 41.3 Å². The smallest absolute Gasteiger partial charge is 0.262 e. The number of carbonyl (C=O) groups excluding carboxylic acids is 1. The van der Waals surface area contributed by atoms with Crippen molar-refractivity contribution in [1.82, 2.24) is 0 Å². The number of carbonyl (C=O) groups is 1. The standard InChI is InChI=1S/C17H17ClN2O6S2/c1-11-3-5-13(20-17(21)7-8-27(20,22)23)10-16(11)28(24,25)19-14-9-12(18)4-6-15(14)26-2/h3-6,9-10,19H,7-8H2,1-2H3. The number of benzene rings is 2. The first kappa shape index (κ1) is 20.4. The van der Waals surface area contributed by atoms with Crippen LogP contribution < -0.4 is 13.8 Å². The monoisotopic (exact) mass is 444 g/mol. The lowest BCUT2D eigenvalue weighted by molar-refractivity contribution is -0.116. The summed E-state index contributed by atoms with van der Waals surface area (Å²) in [6.45, 7) is 1.56. The van der Waals surface area contributed by atoms with Crippen LogP contribution in [0.4, 0.5) is 11.4 Å². The Morgan fingerprint density at radius 2 is 1.89 bits per heavy atom. The first-order valence-electron chi connectivity index (χ1n) is 8.08. The van der Waals surface area contributed by atoms with Crippen LogP contribution in [0.25, 0.3) is 0 Å². The summed E-state index contributed by atoms with van der Waals surface area (Å²) in [4.78, 5) is 11.8. The van der Waals surface area contributed by atoms with Gasteiger partial charge in [-0.1, -0.05) is 17.7 Å². The maximum atomic E-state index is 12.9. The number of ether oxygens (including phenoxy) is 1. The molecule has 8 nitrogen and oxygen atoms in total. The van der Waals surface area contributed by atoms with Crippen LogP contribution >= 0.6 is 11.6 Å². The number of hydrogen-bond acceptors (Lipinski definition) is 6. The van der Waals surface area contributed by atoms with E-state index >= 15 is 0 Å². The molecule has 1 fully saturated rings. The van der Waals surface area contributed by atoms with Crippen LogP contribution in [-0.4, -0.2) is 35.6 Å². The Morgan fingerprint density at radius 1 is 1.18 bits per heavy atom. The minimum absolute atomic E-state index is 0.0217. The average molecular weight is 445 g/mol. The van der Waals surface area contributed by atoms with Crippen LogP contribution in [0.3, 0.4) is 0 Å². The lowest BCUT2D eigenvalue weighted by atomic mass is 10.2. The Bertz CT molecular complexity index is 1160. The van der Waals surface area contributed by atoms with Crippen LogP contribution in [0.2, 0.25) is 5.02 Å². The average Bonchev–Trinajstić information content (AvgIpc) is 2.88. The molecule has 0 unspecified atom stereocenters. The summed E-state index contributed by atoms with van der Waals surface area (Å²) in [6.07, 6.45) is -0.143. The second-order valence-corrected chi connectivity index (χ2v) is 10.1. The number of aryl methyl sites for hydroxylation is 1. The second-order valence-electron chi connectivity index (χ2n) is 6.12. The molecule has 1 saturated heterocycles. The molecule has 0 aliphatic carbocycles. The van der Waals surface area contributed by atoms with Crippen molar-refractivity contribution in [2.24, 2.45) is 0 Å². The number of hydrogen-bond donors (Lipinski definition) is 1. The van der Waals surface area contributed by atoms with Crippen LogP contribution in [0.1, 0.15) is 12.0 Å². The van der Waals surface area contributed by atoms with Crippen LogP contribution in [0.5, 0.6) is 5.75 Å². The Hall–Kier alpha value is -2.30. The Balaban J connectivity index is 2.06. The quantitative estimate of drug-likeness (QED) is 0.758. The molecule has 1 heterocycles. The third-order valence-corrected chi connectivity index (χ3v) is 7.61. The predicted octanol–water partition coefficient (Wildman–Crippen LogP) is 2.52. The number of nitrogens with zero attached hydrogens (tertiary/aromatic N) is 1. The fourth-order valence-electron chi connectivity index (χ4n) is 2.83. The number of methoxy groups -OCH3 is 1. The van der Waals surface area contributed by atoms with Gasteiger partial charge in [0.15, 0.2) is 0 Å². The normalized spacial score (nSPS) is 16.2. The summed E-state index contributed by atoms with van der Waals surface area (Å²) in [7, 11) is -6.54. The summed E-state index contributed by atoms with van der Waals surface area (Å²) in [6, 6.07) is 8.46. The van der Waals surface area contributed by atoms with Crippen molar-refractivity contribution in [3.8, 4) is 5.75 Å². The fraction of sp³-hybridized carbons (Fsp3) is 0.235. The number of anilines is 2. The molecule has 0 aromatic heterocycles. The molecule has 0 radical (unpaired) electrons. The van der Waals surface area contributed by atoms with Gasteiger partial charge in [0, 0.05) is 11.4 Å². The Labute approximate surface area is 168 Å². The molecule has 1 N–H and O–H groups in total. The molecule has 3 rings (SSSR count). The van der Waals surface area contributed by atoms with Gasteiger partial charge in [0.2, 0.25) is 15.9 Å². The maximum absolute atomic E-state index is 12.9.